The minimum Gasteiger partial charge on any atom is -0.308 e. The molecular formula is C57H42N2. The fourth-order valence-electron chi connectivity index (χ4n) is 9.72. The van der Waals surface area contributed by atoms with Gasteiger partial charge in [0.2, 0.25) is 0 Å². The number of rotatable bonds is 7. The highest BCUT2D eigenvalue weighted by molar-refractivity contribution is 6.10. The molecule has 0 aliphatic heterocycles. The standard InChI is InChI=1S/C57H42N2/c1-57(2)49-30-14-11-25-44(49)48-38-41(36-37-50(48)57)58(53-33-17-18-34-54(53)59-51-31-15-12-26-45(51)46-27-13-16-32-52(46)59)55-35-19-29-43(40-22-7-4-8-23-40)56(55)47-28-10-9-24-42(47)39-20-5-3-6-21-39/h3-38H,1-2H3. The number of nitrogens with zero attached hydrogens (tertiary/aromatic N) is 2. The summed E-state index contributed by atoms with van der Waals surface area (Å²) < 4.78 is 2.46. The van der Waals surface area contributed by atoms with E-state index in [1.165, 1.54) is 77.4 Å². The summed E-state index contributed by atoms with van der Waals surface area (Å²) in [5.41, 5.74) is 19.1. The van der Waals surface area contributed by atoms with E-state index in [9.17, 15) is 0 Å². The number of anilines is 3. The largest absolute Gasteiger partial charge is 0.308 e. The number of benzene rings is 9. The lowest BCUT2D eigenvalue weighted by atomic mass is 9.82. The first kappa shape index (κ1) is 34.8. The lowest BCUT2D eigenvalue weighted by Crippen LogP contribution is -2.16. The Morgan fingerprint density at radius 3 is 1.59 bits per heavy atom. The lowest BCUT2D eigenvalue weighted by molar-refractivity contribution is 0.660. The molecule has 9 aromatic carbocycles. The van der Waals surface area contributed by atoms with Gasteiger partial charge in [-0.1, -0.05) is 190 Å². The van der Waals surface area contributed by atoms with Crippen LogP contribution in [0.2, 0.25) is 0 Å². The third-order valence-corrected chi connectivity index (χ3v) is 12.4. The van der Waals surface area contributed by atoms with Gasteiger partial charge in [0.05, 0.1) is 28.1 Å². The smallest absolute Gasteiger partial charge is 0.0702 e. The van der Waals surface area contributed by atoms with Gasteiger partial charge in [0, 0.05) is 27.4 Å². The van der Waals surface area contributed by atoms with Crippen molar-refractivity contribution >= 4 is 38.9 Å². The van der Waals surface area contributed by atoms with Gasteiger partial charge in [0.25, 0.3) is 0 Å². The van der Waals surface area contributed by atoms with Crippen molar-refractivity contribution < 1.29 is 0 Å². The van der Waals surface area contributed by atoms with Gasteiger partial charge in [0.1, 0.15) is 0 Å². The molecule has 0 saturated carbocycles. The normalized spacial score (nSPS) is 12.7. The van der Waals surface area contributed by atoms with E-state index in [1.807, 2.05) is 0 Å². The molecule has 10 aromatic rings. The molecule has 59 heavy (non-hydrogen) atoms. The summed E-state index contributed by atoms with van der Waals surface area (Å²) in [6.45, 7) is 4.71. The van der Waals surface area contributed by atoms with E-state index in [1.54, 1.807) is 0 Å². The second-order valence-electron chi connectivity index (χ2n) is 16.1. The van der Waals surface area contributed by atoms with Crippen molar-refractivity contribution in [2.24, 2.45) is 0 Å². The van der Waals surface area contributed by atoms with Crippen LogP contribution in [0.5, 0.6) is 0 Å². The molecule has 0 radical (unpaired) electrons. The SMILES string of the molecule is CC1(C)c2ccccc2-c2cc(N(c3ccccc3-n3c4ccccc4c4ccccc43)c3cccc(-c4ccccc4)c3-c3ccccc3-c3ccccc3)ccc21. The summed E-state index contributed by atoms with van der Waals surface area (Å²) >= 11 is 0. The predicted molar refractivity (Wildman–Crippen MR) is 249 cm³/mol. The van der Waals surface area contributed by atoms with Crippen molar-refractivity contribution in [3.8, 4) is 50.2 Å². The molecule has 1 heterocycles. The first-order valence-electron chi connectivity index (χ1n) is 20.5. The molecule has 0 spiro atoms. The van der Waals surface area contributed by atoms with Crippen LogP contribution in [0.25, 0.3) is 72.0 Å². The van der Waals surface area contributed by atoms with Crippen molar-refractivity contribution in [1.82, 2.24) is 4.57 Å². The molecule has 0 fully saturated rings. The molecule has 11 rings (SSSR count). The van der Waals surface area contributed by atoms with Crippen LogP contribution in [0.1, 0.15) is 25.0 Å². The Morgan fingerprint density at radius 2 is 0.881 bits per heavy atom. The van der Waals surface area contributed by atoms with E-state index in [-0.39, 0.29) is 5.41 Å². The van der Waals surface area contributed by atoms with Gasteiger partial charge in [-0.25, -0.2) is 0 Å². The third kappa shape index (κ3) is 5.56. The zero-order chi connectivity index (χ0) is 39.5. The number of hydrogen-bond acceptors (Lipinski definition) is 1. The number of fused-ring (bicyclic) bond motifs is 6. The summed E-state index contributed by atoms with van der Waals surface area (Å²) in [6.07, 6.45) is 0. The van der Waals surface area contributed by atoms with Crippen LogP contribution < -0.4 is 4.90 Å². The highest BCUT2D eigenvalue weighted by Gasteiger charge is 2.36. The average Bonchev–Trinajstić information content (AvgIpc) is 3.75. The Morgan fingerprint density at radius 1 is 0.373 bits per heavy atom. The summed E-state index contributed by atoms with van der Waals surface area (Å²) in [5.74, 6) is 0. The predicted octanol–water partition coefficient (Wildman–Crippen LogP) is 15.6. The van der Waals surface area contributed by atoms with Gasteiger partial charge >= 0.3 is 0 Å². The van der Waals surface area contributed by atoms with E-state index >= 15 is 0 Å². The van der Waals surface area contributed by atoms with Gasteiger partial charge in [-0.3, -0.25) is 0 Å². The van der Waals surface area contributed by atoms with Crippen LogP contribution in [-0.2, 0) is 5.41 Å². The Kier molecular flexibility index (Phi) is 8.20. The maximum atomic E-state index is 2.52. The Hall–Kier alpha value is -7.42. The van der Waals surface area contributed by atoms with Crippen LogP contribution >= 0.6 is 0 Å². The Bertz CT molecular complexity index is 3140. The number of hydrogen-bond donors (Lipinski definition) is 0. The minimum absolute atomic E-state index is 0.108. The molecule has 0 atom stereocenters. The quantitative estimate of drug-likeness (QED) is 0.157. The molecule has 280 valence electrons. The zero-order valence-corrected chi connectivity index (χ0v) is 33.2. The minimum atomic E-state index is -0.108. The van der Waals surface area contributed by atoms with Crippen molar-refractivity contribution in [2.75, 3.05) is 4.90 Å². The monoisotopic (exact) mass is 754 g/mol. The second kappa shape index (κ2) is 13.9. The molecule has 0 bridgehead atoms. The first-order valence-corrected chi connectivity index (χ1v) is 20.5. The number of para-hydroxylation sites is 4. The average molecular weight is 755 g/mol. The highest BCUT2D eigenvalue weighted by atomic mass is 15.2. The Balaban J connectivity index is 1.26. The van der Waals surface area contributed by atoms with Gasteiger partial charge in [-0.15, -0.1) is 0 Å². The van der Waals surface area contributed by atoms with Gasteiger partial charge in [-0.05, 0) is 92.5 Å². The van der Waals surface area contributed by atoms with E-state index in [4.69, 9.17) is 0 Å². The molecule has 2 heteroatoms. The molecule has 2 nitrogen and oxygen atoms in total. The third-order valence-electron chi connectivity index (χ3n) is 12.4. The first-order chi connectivity index (χ1) is 29.1. The molecule has 1 aromatic heterocycles. The van der Waals surface area contributed by atoms with Crippen molar-refractivity contribution in [3.05, 3.63) is 230 Å². The molecule has 1 aliphatic rings. The lowest BCUT2D eigenvalue weighted by Gasteiger charge is -2.32. The highest BCUT2D eigenvalue weighted by Crippen LogP contribution is 2.53. The topological polar surface area (TPSA) is 8.17 Å². The maximum absolute atomic E-state index is 2.52. The zero-order valence-electron chi connectivity index (χ0n) is 33.2. The maximum Gasteiger partial charge on any atom is 0.0702 e. The summed E-state index contributed by atoms with van der Waals surface area (Å²) in [4.78, 5) is 2.52. The van der Waals surface area contributed by atoms with E-state index in [0.717, 1.165) is 22.7 Å². The van der Waals surface area contributed by atoms with Gasteiger partial charge < -0.3 is 9.47 Å². The van der Waals surface area contributed by atoms with E-state index < -0.39 is 0 Å². The summed E-state index contributed by atoms with van der Waals surface area (Å²) in [6, 6.07) is 80.0. The fourth-order valence-corrected chi connectivity index (χ4v) is 9.72. The molecule has 0 N–H and O–H groups in total. The van der Waals surface area contributed by atoms with Crippen molar-refractivity contribution in [1.29, 1.82) is 0 Å². The molecule has 0 saturated heterocycles. The summed E-state index contributed by atoms with van der Waals surface area (Å²) in [7, 11) is 0. The van der Waals surface area contributed by atoms with Crippen LogP contribution in [0.4, 0.5) is 17.1 Å². The molecule has 0 amide bonds. The van der Waals surface area contributed by atoms with Crippen LogP contribution in [-0.4, -0.2) is 4.57 Å². The van der Waals surface area contributed by atoms with E-state index in [0.29, 0.717) is 0 Å². The van der Waals surface area contributed by atoms with Crippen LogP contribution in [0, 0.1) is 0 Å². The summed E-state index contributed by atoms with van der Waals surface area (Å²) in [5, 5.41) is 2.48. The van der Waals surface area contributed by atoms with Crippen LogP contribution in [0.3, 0.4) is 0 Å². The van der Waals surface area contributed by atoms with Gasteiger partial charge in [-0.2, -0.15) is 0 Å². The van der Waals surface area contributed by atoms with Crippen LogP contribution in [0.15, 0.2) is 218 Å². The second-order valence-corrected chi connectivity index (χ2v) is 16.1. The molecule has 1 aliphatic carbocycles. The molecular weight excluding hydrogens is 713 g/mol. The van der Waals surface area contributed by atoms with Gasteiger partial charge in [0.15, 0.2) is 0 Å². The molecule has 0 unspecified atom stereocenters. The Labute approximate surface area is 345 Å². The fraction of sp³-hybridized carbons (Fsp3) is 0.0526. The van der Waals surface area contributed by atoms with E-state index in [2.05, 4.69) is 242 Å². The van der Waals surface area contributed by atoms with Crippen molar-refractivity contribution in [3.63, 3.8) is 0 Å². The number of aromatic nitrogens is 1. The van der Waals surface area contributed by atoms with Crippen molar-refractivity contribution in [2.45, 2.75) is 19.3 Å².